The molecular formula is C18H25N3O. The third kappa shape index (κ3) is 4.72. The van der Waals surface area contributed by atoms with Crippen molar-refractivity contribution in [1.29, 1.82) is 0 Å². The molecule has 4 heteroatoms. The van der Waals surface area contributed by atoms with Gasteiger partial charge >= 0.3 is 0 Å². The average molecular weight is 299 g/mol. The van der Waals surface area contributed by atoms with Gasteiger partial charge in [0, 0.05) is 23.3 Å². The summed E-state index contributed by atoms with van der Waals surface area (Å²) < 4.78 is 0. The zero-order valence-electron chi connectivity index (χ0n) is 13.3. The molecule has 1 aromatic heterocycles. The van der Waals surface area contributed by atoms with Crippen LogP contribution in [0.4, 0.5) is 0 Å². The molecule has 2 aromatic rings. The van der Waals surface area contributed by atoms with E-state index in [-0.39, 0.29) is 5.91 Å². The average Bonchev–Trinajstić information content (AvgIpc) is 2.97. The van der Waals surface area contributed by atoms with E-state index in [4.69, 9.17) is 0 Å². The minimum absolute atomic E-state index is 0.170. The lowest BCUT2D eigenvalue weighted by Gasteiger charge is -1.99. The number of benzene rings is 1. The lowest BCUT2D eigenvalue weighted by Crippen LogP contribution is -2.17. The van der Waals surface area contributed by atoms with Crippen molar-refractivity contribution >= 4 is 23.0 Å². The summed E-state index contributed by atoms with van der Waals surface area (Å²) in [6, 6.07) is 7.75. The highest BCUT2D eigenvalue weighted by Crippen LogP contribution is 2.17. The Morgan fingerprint density at radius 3 is 2.82 bits per heavy atom. The van der Waals surface area contributed by atoms with Gasteiger partial charge in [-0.2, -0.15) is 5.10 Å². The van der Waals surface area contributed by atoms with Crippen molar-refractivity contribution in [2.45, 2.75) is 51.9 Å². The second-order valence-electron chi connectivity index (χ2n) is 5.56. The largest absolute Gasteiger partial charge is 0.360 e. The van der Waals surface area contributed by atoms with Crippen molar-refractivity contribution in [3.05, 3.63) is 36.0 Å². The summed E-state index contributed by atoms with van der Waals surface area (Å²) in [5.41, 5.74) is 4.19. The monoisotopic (exact) mass is 299 g/mol. The number of para-hydroxylation sites is 1. The summed E-state index contributed by atoms with van der Waals surface area (Å²) in [5, 5.41) is 4.95. The predicted molar refractivity (Wildman–Crippen MR) is 92.2 cm³/mol. The Kier molecular flexibility index (Phi) is 6.68. The Hall–Kier alpha value is -2.10. The third-order valence-electron chi connectivity index (χ3n) is 3.78. The Labute approximate surface area is 132 Å². The molecule has 0 bridgehead atoms. The fourth-order valence-electron chi connectivity index (χ4n) is 2.50. The molecule has 0 atom stereocenters. The number of hydrazone groups is 1. The predicted octanol–water partition coefficient (Wildman–Crippen LogP) is 4.63. The number of rotatable bonds is 9. The highest BCUT2D eigenvalue weighted by Gasteiger charge is 2.10. The molecule has 22 heavy (non-hydrogen) atoms. The van der Waals surface area contributed by atoms with Crippen molar-refractivity contribution < 1.29 is 4.79 Å². The van der Waals surface area contributed by atoms with Gasteiger partial charge in [0.15, 0.2) is 0 Å². The zero-order valence-corrected chi connectivity index (χ0v) is 13.3. The lowest BCUT2D eigenvalue weighted by atomic mass is 10.1. The molecule has 2 N–H and O–H groups in total. The van der Waals surface area contributed by atoms with Crippen molar-refractivity contribution in [3.8, 4) is 0 Å². The van der Waals surface area contributed by atoms with Crippen molar-refractivity contribution in [2.75, 3.05) is 0 Å². The molecule has 0 aliphatic carbocycles. The summed E-state index contributed by atoms with van der Waals surface area (Å²) in [4.78, 5) is 15.2. The molecule has 0 unspecified atom stereocenters. The SMILES string of the molecule is CCCCCCCC/C=N/NC(=O)c1c[nH]c2ccccc12. The van der Waals surface area contributed by atoms with Gasteiger partial charge < -0.3 is 4.98 Å². The Bertz CT molecular complexity index is 616. The molecule has 1 aromatic carbocycles. The molecular weight excluding hydrogens is 274 g/mol. The Morgan fingerprint density at radius 2 is 1.95 bits per heavy atom. The first kappa shape index (κ1) is 16.3. The number of aromatic amines is 1. The van der Waals surface area contributed by atoms with E-state index >= 15 is 0 Å². The van der Waals surface area contributed by atoms with Gasteiger partial charge in [0.05, 0.1) is 5.56 Å². The Morgan fingerprint density at radius 1 is 1.18 bits per heavy atom. The maximum atomic E-state index is 12.1. The maximum Gasteiger partial charge on any atom is 0.273 e. The number of fused-ring (bicyclic) bond motifs is 1. The molecule has 0 radical (unpaired) electrons. The van der Waals surface area contributed by atoms with Crippen LogP contribution in [0.3, 0.4) is 0 Å². The van der Waals surface area contributed by atoms with Crippen molar-refractivity contribution in [1.82, 2.24) is 10.4 Å². The molecule has 0 aliphatic heterocycles. The standard InChI is InChI=1S/C18H25N3O/c1-2-3-4-5-6-7-10-13-20-21-18(22)16-14-19-17-12-9-8-11-15(16)17/h8-9,11-14,19H,2-7,10H2,1H3,(H,21,22)/b20-13+. The number of hydrogen-bond donors (Lipinski definition) is 2. The van der Waals surface area contributed by atoms with E-state index in [1.54, 1.807) is 12.4 Å². The van der Waals surface area contributed by atoms with Gasteiger partial charge in [-0.3, -0.25) is 4.79 Å². The highest BCUT2D eigenvalue weighted by molar-refractivity contribution is 6.06. The topological polar surface area (TPSA) is 57.2 Å². The van der Waals surface area contributed by atoms with E-state index in [2.05, 4.69) is 22.4 Å². The summed E-state index contributed by atoms with van der Waals surface area (Å²) in [6.07, 6.45) is 12.0. The van der Waals surface area contributed by atoms with Gasteiger partial charge in [0.25, 0.3) is 5.91 Å². The van der Waals surface area contributed by atoms with Gasteiger partial charge in [0.2, 0.25) is 0 Å². The molecule has 0 saturated heterocycles. The molecule has 4 nitrogen and oxygen atoms in total. The van der Waals surface area contributed by atoms with E-state index in [0.29, 0.717) is 5.56 Å². The number of nitrogens with zero attached hydrogens (tertiary/aromatic N) is 1. The highest BCUT2D eigenvalue weighted by atomic mass is 16.2. The zero-order chi connectivity index (χ0) is 15.6. The first-order valence-electron chi connectivity index (χ1n) is 8.21. The van der Waals surface area contributed by atoms with E-state index in [0.717, 1.165) is 23.7 Å². The number of carbonyl (C=O) groups is 1. The first-order valence-corrected chi connectivity index (χ1v) is 8.21. The summed E-state index contributed by atoms with van der Waals surface area (Å²) in [5.74, 6) is -0.170. The van der Waals surface area contributed by atoms with Crippen LogP contribution in [0, 0.1) is 0 Å². The number of carbonyl (C=O) groups excluding carboxylic acids is 1. The van der Waals surface area contributed by atoms with Crippen molar-refractivity contribution in [3.63, 3.8) is 0 Å². The molecule has 0 aliphatic rings. The smallest absolute Gasteiger partial charge is 0.273 e. The molecule has 1 amide bonds. The summed E-state index contributed by atoms with van der Waals surface area (Å²) in [6.45, 7) is 2.23. The molecule has 0 saturated carbocycles. The molecule has 0 spiro atoms. The van der Waals surface area contributed by atoms with Crippen molar-refractivity contribution in [2.24, 2.45) is 5.10 Å². The molecule has 2 rings (SSSR count). The fourth-order valence-corrected chi connectivity index (χ4v) is 2.50. The van der Waals surface area contributed by atoms with E-state index < -0.39 is 0 Å². The number of H-pyrrole nitrogens is 1. The van der Waals surface area contributed by atoms with Gasteiger partial charge in [-0.15, -0.1) is 0 Å². The maximum absolute atomic E-state index is 12.1. The minimum Gasteiger partial charge on any atom is -0.360 e. The van der Waals surface area contributed by atoms with Crippen LogP contribution in [0.15, 0.2) is 35.6 Å². The van der Waals surface area contributed by atoms with Gasteiger partial charge in [0.1, 0.15) is 0 Å². The van der Waals surface area contributed by atoms with Crippen LogP contribution >= 0.6 is 0 Å². The lowest BCUT2D eigenvalue weighted by molar-refractivity contribution is 0.0956. The fraction of sp³-hybridized carbons (Fsp3) is 0.444. The number of amides is 1. The summed E-state index contributed by atoms with van der Waals surface area (Å²) in [7, 11) is 0. The van der Waals surface area contributed by atoms with Crippen LogP contribution in [-0.2, 0) is 0 Å². The van der Waals surface area contributed by atoms with Crippen LogP contribution in [-0.4, -0.2) is 17.1 Å². The van der Waals surface area contributed by atoms with Crippen LogP contribution in [0.1, 0.15) is 62.2 Å². The normalized spacial score (nSPS) is 11.3. The van der Waals surface area contributed by atoms with Crippen LogP contribution in [0.5, 0.6) is 0 Å². The van der Waals surface area contributed by atoms with E-state index in [1.165, 1.54) is 32.1 Å². The quantitative estimate of drug-likeness (QED) is 0.396. The number of nitrogens with one attached hydrogen (secondary N) is 2. The summed E-state index contributed by atoms with van der Waals surface area (Å²) >= 11 is 0. The second kappa shape index (κ2) is 9.03. The van der Waals surface area contributed by atoms with Crippen LogP contribution < -0.4 is 5.43 Å². The molecule has 0 fully saturated rings. The first-order chi connectivity index (χ1) is 10.8. The van der Waals surface area contributed by atoms with Gasteiger partial charge in [-0.25, -0.2) is 5.43 Å². The Balaban J connectivity index is 1.70. The molecule has 118 valence electrons. The second-order valence-corrected chi connectivity index (χ2v) is 5.56. The van der Waals surface area contributed by atoms with Gasteiger partial charge in [-0.1, -0.05) is 57.2 Å². The molecule has 1 heterocycles. The van der Waals surface area contributed by atoms with Crippen LogP contribution in [0.2, 0.25) is 0 Å². The van der Waals surface area contributed by atoms with Gasteiger partial charge in [-0.05, 0) is 18.9 Å². The third-order valence-corrected chi connectivity index (χ3v) is 3.78. The number of unbranched alkanes of at least 4 members (excludes halogenated alkanes) is 6. The minimum atomic E-state index is -0.170. The number of aromatic nitrogens is 1. The van der Waals surface area contributed by atoms with Crippen LogP contribution in [0.25, 0.3) is 10.9 Å². The van der Waals surface area contributed by atoms with E-state index in [9.17, 15) is 4.79 Å². The van der Waals surface area contributed by atoms with E-state index in [1.807, 2.05) is 24.3 Å². The number of hydrogen-bond acceptors (Lipinski definition) is 2.